The maximum atomic E-state index is 13.3. The van der Waals surface area contributed by atoms with Crippen molar-refractivity contribution in [1.82, 2.24) is 4.98 Å². The minimum Gasteiger partial charge on any atom is -0.436 e. The van der Waals surface area contributed by atoms with Crippen molar-refractivity contribution in [2.45, 2.75) is 6.92 Å². The molecule has 17 heavy (non-hydrogen) atoms. The van der Waals surface area contributed by atoms with Crippen molar-refractivity contribution in [2.24, 2.45) is 0 Å². The molecule has 1 aromatic carbocycles. The molecule has 0 aliphatic carbocycles. The molecule has 3 nitrogen and oxygen atoms in total. The molecule has 5 heteroatoms. The summed E-state index contributed by atoms with van der Waals surface area (Å²) in [6, 6.07) is 5.26. The van der Waals surface area contributed by atoms with Gasteiger partial charge in [-0.2, -0.15) is 4.39 Å². The van der Waals surface area contributed by atoms with Gasteiger partial charge < -0.3 is 10.5 Å². The number of aromatic nitrogens is 1. The van der Waals surface area contributed by atoms with Crippen LogP contribution in [0.25, 0.3) is 0 Å². The standard InChI is InChI=1S/C12H10F2N2O/c1-7-5-11(16-6-9(7)15)17-10-4-2-3-8(13)12(10)14/h2-6H,15H2,1H3. The SMILES string of the molecule is Cc1cc(Oc2cccc(F)c2F)ncc1N. The van der Waals surface area contributed by atoms with E-state index in [0.717, 1.165) is 11.6 Å². The molecule has 2 rings (SSSR count). The van der Waals surface area contributed by atoms with Gasteiger partial charge in [-0.3, -0.25) is 0 Å². The Balaban J connectivity index is 2.31. The van der Waals surface area contributed by atoms with Crippen molar-refractivity contribution in [3.8, 4) is 11.6 Å². The predicted octanol–water partition coefficient (Wildman–Crippen LogP) is 3.04. The summed E-state index contributed by atoms with van der Waals surface area (Å²) in [6.07, 6.45) is 1.40. The highest BCUT2D eigenvalue weighted by atomic mass is 19.2. The summed E-state index contributed by atoms with van der Waals surface area (Å²) in [5.41, 5.74) is 6.85. The minimum atomic E-state index is -1.04. The van der Waals surface area contributed by atoms with E-state index >= 15 is 0 Å². The van der Waals surface area contributed by atoms with Crippen molar-refractivity contribution in [3.05, 3.63) is 47.7 Å². The molecule has 0 spiro atoms. The molecule has 0 aliphatic heterocycles. The van der Waals surface area contributed by atoms with Crippen molar-refractivity contribution in [3.63, 3.8) is 0 Å². The van der Waals surface area contributed by atoms with Gasteiger partial charge in [0.2, 0.25) is 11.7 Å². The number of anilines is 1. The molecule has 0 saturated carbocycles. The Labute approximate surface area is 96.9 Å². The number of rotatable bonds is 2. The summed E-state index contributed by atoms with van der Waals surface area (Å²) >= 11 is 0. The lowest BCUT2D eigenvalue weighted by Gasteiger charge is -2.07. The summed E-state index contributed by atoms with van der Waals surface area (Å²) in [5.74, 6) is -2.04. The number of nitrogens with two attached hydrogens (primary N) is 1. The van der Waals surface area contributed by atoms with E-state index in [4.69, 9.17) is 10.5 Å². The first-order valence-corrected chi connectivity index (χ1v) is 4.92. The molecule has 0 bridgehead atoms. The number of nitrogens with zero attached hydrogens (tertiary/aromatic N) is 1. The quantitative estimate of drug-likeness (QED) is 0.871. The maximum absolute atomic E-state index is 13.3. The molecule has 88 valence electrons. The molecule has 1 aromatic heterocycles. The van der Waals surface area contributed by atoms with Gasteiger partial charge in [0.1, 0.15) is 0 Å². The van der Waals surface area contributed by atoms with E-state index in [2.05, 4.69) is 4.98 Å². The number of ether oxygens (including phenoxy) is 1. The zero-order valence-corrected chi connectivity index (χ0v) is 9.08. The Morgan fingerprint density at radius 3 is 2.76 bits per heavy atom. The van der Waals surface area contributed by atoms with Gasteiger partial charge in [-0.15, -0.1) is 0 Å². The van der Waals surface area contributed by atoms with E-state index in [1.807, 2.05) is 0 Å². The number of nitrogen functional groups attached to an aromatic ring is 1. The van der Waals surface area contributed by atoms with E-state index in [1.54, 1.807) is 13.0 Å². The van der Waals surface area contributed by atoms with E-state index in [1.165, 1.54) is 18.3 Å². The van der Waals surface area contributed by atoms with Gasteiger partial charge in [0.05, 0.1) is 11.9 Å². The molecule has 0 aliphatic rings. The second kappa shape index (κ2) is 4.37. The van der Waals surface area contributed by atoms with Crippen molar-refractivity contribution in [1.29, 1.82) is 0 Å². The summed E-state index contributed by atoms with van der Waals surface area (Å²) in [7, 11) is 0. The van der Waals surface area contributed by atoms with E-state index < -0.39 is 11.6 Å². The molecule has 0 fully saturated rings. The van der Waals surface area contributed by atoms with Crippen molar-refractivity contribution in [2.75, 3.05) is 5.73 Å². The second-order valence-corrected chi connectivity index (χ2v) is 3.53. The Morgan fingerprint density at radius 1 is 1.29 bits per heavy atom. The first kappa shape index (κ1) is 11.3. The third kappa shape index (κ3) is 2.33. The van der Waals surface area contributed by atoms with E-state index in [-0.39, 0.29) is 11.6 Å². The third-order valence-electron chi connectivity index (χ3n) is 2.26. The Bertz CT molecular complexity index is 558. The van der Waals surface area contributed by atoms with Crippen molar-refractivity contribution < 1.29 is 13.5 Å². The number of aryl methyl sites for hydroxylation is 1. The van der Waals surface area contributed by atoms with Gasteiger partial charge >= 0.3 is 0 Å². The molecule has 1 heterocycles. The molecule has 0 radical (unpaired) electrons. The Morgan fingerprint density at radius 2 is 2.06 bits per heavy atom. The molecule has 2 aromatic rings. The first-order chi connectivity index (χ1) is 8.08. The lowest BCUT2D eigenvalue weighted by atomic mass is 10.2. The Hall–Kier alpha value is -2.17. The summed E-state index contributed by atoms with van der Waals surface area (Å²) in [4.78, 5) is 3.87. The van der Waals surface area contributed by atoms with Crippen LogP contribution in [0.2, 0.25) is 0 Å². The van der Waals surface area contributed by atoms with Crippen molar-refractivity contribution >= 4 is 5.69 Å². The Kier molecular flexibility index (Phi) is 2.91. The largest absolute Gasteiger partial charge is 0.436 e. The molecular formula is C12H10F2N2O. The van der Waals surface area contributed by atoms with Gasteiger partial charge in [0, 0.05) is 6.07 Å². The fourth-order valence-corrected chi connectivity index (χ4v) is 1.27. The summed E-state index contributed by atoms with van der Waals surface area (Å²) < 4.78 is 31.4. The van der Waals surface area contributed by atoms with Crippen LogP contribution in [-0.4, -0.2) is 4.98 Å². The van der Waals surface area contributed by atoms with Gasteiger partial charge in [-0.1, -0.05) is 6.07 Å². The van der Waals surface area contributed by atoms with E-state index in [0.29, 0.717) is 5.69 Å². The van der Waals surface area contributed by atoms with Crippen LogP contribution < -0.4 is 10.5 Å². The van der Waals surface area contributed by atoms with Crippen LogP contribution in [0.5, 0.6) is 11.6 Å². The van der Waals surface area contributed by atoms with Crippen LogP contribution in [0, 0.1) is 18.6 Å². The number of pyridine rings is 1. The van der Waals surface area contributed by atoms with Crippen LogP contribution in [0.15, 0.2) is 30.5 Å². The van der Waals surface area contributed by atoms with Gasteiger partial charge in [-0.25, -0.2) is 9.37 Å². The highest BCUT2D eigenvalue weighted by Gasteiger charge is 2.10. The minimum absolute atomic E-state index is 0.168. The number of hydrogen-bond donors (Lipinski definition) is 1. The average Bonchev–Trinajstić information content (AvgIpc) is 2.30. The first-order valence-electron chi connectivity index (χ1n) is 4.92. The van der Waals surface area contributed by atoms with Crippen LogP contribution in [0.3, 0.4) is 0 Å². The fraction of sp³-hybridized carbons (Fsp3) is 0.0833. The summed E-state index contributed by atoms with van der Waals surface area (Å²) in [6.45, 7) is 1.77. The molecule has 0 unspecified atom stereocenters. The monoisotopic (exact) mass is 236 g/mol. The average molecular weight is 236 g/mol. The number of halogens is 2. The molecule has 0 saturated heterocycles. The second-order valence-electron chi connectivity index (χ2n) is 3.53. The topological polar surface area (TPSA) is 48.1 Å². The lowest BCUT2D eigenvalue weighted by Crippen LogP contribution is -1.96. The van der Waals surface area contributed by atoms with Crippen LogP contribution in [-0.2, 0) is 0 Å². The van der Waals surface area contributed by atoms with E-state index in [9.17, 15) is 8.78 Å². The van der Waals surface area contributed by atoms with Gasteiger partial charge in [0.15, 0.2) is 11.6 Å². The zero-order valence-electron chi connectivity index (χ0n) is 9.08. The smallest absolute Gasteiger partial charge is 0.219 e. The molecule has 2 N–H and O–H groups in total. The number of hydrogen-bond acceptors (Lipinski definition) is 3. The highest BCUT2D eigenvalue weighted by Crippen LogP contribution is 2.25. The van der Waals surface area contributed by atoms with Gasteiger partial charge in [-0.05, 0) is 24.6 Å². The molecular weight excluding hydrogens is 226 g/mol. The number of benzene rings is 1. The fourth-order valence-electron chi connectivity index (χ4n) is 1.27. The summed E-state index contributed by atoms with van der Waals surface area (Å²) in [5, 5.41) is 0. The molecule has 0 amide bonds. The van der Waals surface area contributed by atoms with Crippen LogP contribution >= 0.6 is 0 Å². The van der Waals surface area contributed by atoms with Crippen LogP contribution in [0.4, 0.5) is 14.5 Å². The van der Waals surface area contributed by atoms with Gasteiger partial charge in [0.25, 0.3) is 0 Å². The third-order valence-corrected chi connectivity index (χ3v) is 2.26. The zero-order chi connectivity index (χ0) is 12.4. The molecule has 0 atom stereocenters. The maximum Gasteiger partial charge on any atom is 0.219 e. The highest BCUT2D eigenvalue weighted by molar-refractivity contribution is 5.46. The van der Waals surface area contributed by atoms with Crippen LogP contribution in [0.1, 0.15) is 5.56 Å². The predicted molar refractivity (Wildman–Crippen MR) is 59.8 cm³/mol. The lowest BCUT2D eigenvalue weighted by molar-refractivity contribution is 0.405. The normalized spacial score (nSPS) is 10.3.